The van der Waals surface area contributed by atoms with E-state index in [1.54, 1.807) is 6.07 Å². The Bertz CT molecular complexity index is 713. The zero-order chi connectivity index (χ0) is 17.6. The van der Waals surface area contributed by atoms with Crippen LogP contribution in [-0.4, -0.2) is 4.98 Å². The second-order valence-electron chi connectivity index (χ2n) is 6.93. The van der Waals surface area contributed by atoms with Crippen molar-refractivity contribution in [3.63, 3.8) is 0 Å². The fourth-order valence-electron chi connectivity index (χ4n) is 3.57. The molecular formula is C22H25F2N. The minimum atomic E-state index is -0.835. The number of rotatable bonds is 5. The van der Waals surface area contributed by atoms with E-state index in [1.165, 1.54) is 50.2 Å². The van der Waals surface area contributed by atoms with Gasteiger partial charge in [-0.05, 0) is 73.8 Å². The maximum Gasteiger partial charge on any atom is 0.159 e. The van der Waals surface area contributed by atoms with E-state index in [-0.39, 0.29) is 0 Å². The Morgan fingerprint density at radius 3 is 2.48 bits per heavy atom. The number of unbranched alkanes of at least 4 members (excludes halogenated alkanes) is 1. The van der Waals surface area contributed by atoms with E-state index in [9.17, 15) is 8.78 Å². The van der Waals surface area contributed by atoms with E-state index in [0.717, 1.165) is 12.0 Å². The van der Waals surface area contributed by atoms with Crippen molar-refractivity contribution in [2.24, 2.45) is 5.92 Å². The molecule has 1 fully saturated rings. The van der Waals surface area contributed by atoms with Gasteiger partial charge in [-0.25, -0.2) is 8.78 Å². The molecule has 3 rings (SSSR count). The summed E-state index contributed by atoms with van der Waals surface area (Å²) in [6.45, 7) is 2.21. The van der Waals surface area contributed by atoms with Crippen molar-refractivity contribution in [1.82, 2.24) is 4.98 Å². The Morgan fingerprint density at radius 2 is 1.84 bits per heavy atom. The smallest absolute Gasteiger partial charge is 0.159 e. The summed E-state index contributed by atoms with van der Waals surface area (Å²) in [6, 6.07) is 7.91. The number of aromatic nitrogens is 1. The molecule has 1 aromatic carbocycles. The first-order chi connectivity index (χ1) is 12.2. The number of allylic oxidation sites excluding steroid dienone is 2. The van der Waals surface area contributed by atoms with Gasteiger partial charge in [-0.1, -0.05) is 31.6 Å². The molecule has 0 radical (unpaired) electrons. The number of hydrogen-bond acceptors (Lipinski definition) is 1. The summed E-state index contributed by atoms with van der Waals surface area (Å²) in [5.74, 6) is -0.387. The third-order valence-electron chi connectivity index (χ3n) is 5.11. The lowest BCUT2D eigenvalue weighted by molar-refractivity contribution is 0.375. The summed E-state index contributed by atoms with van der Waals surface area (Å²) >= 11 is 0. The molecule has 0 unspecified atom stereocenters. The zero-order valence-electron chi connectivity index (χ0n) is 14.7. The quantitative estimate of drug-likeness (QED) is 0.554. The molecule has 0 N–H and O–H groups in total. The van der Waals surface area contributed by atoms with Crippen LogP contribution in [0.25, 0.3) is 11.3 Å². The van der Waals surface area contributed by atoms with Gasteiger partial charge in [0.2, 0.25) is 0 Å². The first kappa shape index (κ1) is 17.8. The molecule has 0 spiro atoms. The highest BCUT2D eigenvalue weighted by molar-refractivity contribution is 5.59. The fourth-order valence-corrected chi connectivity index (χ4v) is 3.57. The molecule has 0 atom stereocenters. The van der Waals surface area contributed by atoms with Crippen LogP contribution >= 0.6 is 0 Å². The van der Waals surface area contributed by atoms with Gasteiger partial charge in [0.15, 0.2) is 11.6 Å². The van der Waals surface area contributed by atoms with Crippen LogP contribution < -0.4 is 0 Å². The van der Waals surface area contributed by atoms with E-state index in [0.29, 0.717) is 17.2 Å². The molecule has 1 nitrogen and oxygen atoms in total. The van der Waals surface area contributed by atoms with Crippen molar-refractivity contribution in [2.45, 2.75) is 51.4 Å². The molecule has 1 heterocycles. The Labute approximate surface area is 148 Å². The maximum atomic E-state index is 13.4. The van der Waals surface area contributed by atoms with Gasteiger partial charge >= 0.3 is 0 Å². The molecule has 132 valence electrons. The number of benzene rings is 1. The van der Waals surface area contributed by atoms with Gasteiger partial charge in [0, 0.05) is 11.8 Å². The molecule has 25 heavy (non-hydrogen) atoms. The van der Waals surface area contributed by atoms with Crippen molar-refractivity contribution in [1.29, 1.82) is 0 Å². The Balaban J connectivity index is 1.62. The van der Waals surface area contributed by atoms with E-state index in [2.05, 4.69) is 30.1 Å². The van der Waals surface area contributed by atoms with Crippen LogP contribution in [0.2, 0.25) is 0 Å². The normalized spacial score (nSPS) is 20.9. The third kappa shape index (κ3) is 4.53. The second kappa shape index (κ2) is 8.37. The van der Waals surface area contributed by atoms with E-state index < -0.39 is 11.6 Å². The summed E-state index contributed by atoms with van der Waals surface area (Å²) in [6.07, 6.45) is 13.8. The minimum Gasteiger partial charge on any atom is -0.256 e. The van der Waals surface area contributed by atoms with Crippen molar-refractivity contribution in [3.05, 3.63) is 65.9 Å². The standard InChI is InChI=1S/C22H25F2N/c1-2-3-4-5-16-6-8-17(9-7-16)19-11-13-22(25-15-19)18-10-12-20(23)21(24)14-18/h4-5,10-17H,2-3,6-9H2,1H3/t16-,17-. The molecule has 0 amide bonds. The van der Waals surface area contributed by atoms with E-state index in [1.807, 2.05) is 12.3 Å². The summed E-state index contributed by atoms with van der Waals surface area (Å²) < 4.78 is 26.4. The van der Waals surface area contributed by atoms with E-state index >= 15 is 0 Å². The van der Waals surface area contributed by atoms with Crippen LogP contribution in [-0.2, 0) is 0 Å². The first-order valence-electron chi connectivity index (χ1n) is 9.25. The molecule has 1 aliphatic rings. The van der Waals surface area contributed by atoms with Crippen molar-refractivity contribution < 1.29 is 8.78 Å². The summed E-state index contributed by atoms with van der Waals surface area (Å²) in [5, 5.41) is 0. The zero-order valence-corrected chi connectivity index (χ0v) is 14.7. The SMILES string of the molecule is CCCC=C[C@H]1CC[C@H](c2ccc(-c3ccc(F)c(F)c3)nc2)CC1. The highest BCUT2D eigenvalue weighted by Crippen LogP contribution is 2.36. The lowest BCUT2D eigenvalue weighted by Gasteiger charge is -2.27. The maximum absolute atomic E-state index is 13.4. The van der Waals surface area contributed by atoms with Crippen molar-refractivity contribution >= 4 is 0 Å². The molecule has 0 saturated heterocycles. The molecule has 2 aromatic rings. The number of pyridine rings is 1. The number of halogens is 2. The Hall–Kier alpha value is -2.03. The summed E-state index contributed by atoms with van der Waals surface area (Å²) in [7, 11) is 0. The monoisotopic (exact) mass is 341 g/mol. The first-order valence-corrected chi connectivity index (χ1v) is 9.25. The number of nitrogens with zero attached hydrogens (tertiary/aromatic N) is 1. The topological polar surface area (TPSA) is 12.9 Å². The van der Waals surface area contributed by atoms with Gasteiger partial charge in [0.05, 0.1) is 5.69 Å². The molecular weight excluding hydrogens is 316 g/mol. The van der Waals surface area contributed by atoms with Crippen molar-refractivity contribution in [2.75, 3.05) is 0 Å². The molecule has 0 bridgehead atoms. The van der Waals surface area contributed by atoms with Crippen LogP contribution in [0.4, 0.5) is 8.78 Å². The predicted octanol–water partition coefficient (Wildman–Crippen LogP) is 6.66. The van der Waals surface area contributed by atoms with E-state index in [4.69, 9.17) is 0 Å². The summed E-state index contributed by atoms with van der Waals surface area (Å²) in [4.78, 5) is 4.47. The lowest BCUT2D eigenvalue weighted by Crippen LogP contribution is -2.12. The molecule has 1 aromatic heterocycles. The highest BCUT2D eigenvalue weighted by Gasteiger charge is 2.21. The van der Waals surface area contributed by atoms with Gasteiger partial charge in [0.25, 0.3) is 0 Å². The molecule has 1 aliphatic carbocycles. The average molecular weight is 341 g/mol. The van der Waals surface area contributed by atoms with Crippen LogP contribution in [0, 0.1) is 17.6 Å². The molecule has 0 aliphatic heterocycles. The Morgan fingerprint density at radius 1 is 1.04 bits per heavy atom. The largest absolute Gasteiger partial charge is 0.256 e. The minimum absolute atomic E-state index is 0.558. The molecule has 1 saturated carbocycles. The van der Waals surface area contributed by atoms with Gasteiger partial charge in [-0.2, -0.15) is 0 Å². The lowest BCUT2D eigenvalue weighted by atomic mass is 9.79. The predicted molar refractivity (Wildman–Crippen MR) is 98.3 cm³/mol. The van der Waals surface area contributed by atoms with Gasteiger partial charge in [-0.3, -0.25) is 4.98 Å². The van der Waals surface area contributed by atoms with Gasteiger partial charge in [0.1, 0.15) is 0 Å². The van der Waals surface area contributed by atoms with Crippen molar-refractivity contribution in [3.8, 4) is 11.3 Å². The average Bonchev–Trinajstić information content (AvgIpc) is 2.65. The Kier molecular flexibility index (Phi) is 5.95. The number of hydrogen-bond donors (Lipinski definition) is 0. The van der Waals surface area contributed by atoms with Crippen LogP contribution in [0.1, 0.15) is 56.9 Å². The van der Waals surface area contributed by atoms with Crippen LogP contribution in [0.15, 0.2) is 48.7 Å². The van der Waals surface area contributed by atoms with Gasteiger partial charge < -0.3 is 0 Å². The molecule has 3 heteroatoms. The third-order valence-corrected chi connectivity index (χ3v) is 5.11. The van der Waals surface area contributed by atoms with Gasteiger partial charge in [-0.15, -0.1) is 0 Å². The summed E-state index contributed by atoms with van der Waals surface area (Å²) in [5.41, 5.74) is 2.54. The highest BCUT2D eigenvalue weighted by atomic mass is 19.2. The second-order valence-corrected chi connectivity index (χ2v) is 6.93. The van der Waals surface area contributed by atoms with Crippen LogP contribution in [0.3, 0.4) is 0 Å². The fraction of sp³-hybridized carbons (Fsp3) is 0.409. The van der Waals surface area contributed by atoms with Crippen LogP contribution in [0.5, 0.6) is 0 Å².